The highest BCUT2D eigenvalue weighted by Gasteiger charge is 2.51. The van der Waals surface area contributed by atoms with Gasteiger partial charge in [-0.15, -0.1) is 0 Å². The highest BCUT2D eigenvalue weighted by Crippen LogP contribution is 2.34. The van der Waals surface area contributed by atoms with Gasteiger partial charge in [0.15, 0.2) is 0 Å². The summed E-state index contributed by atoms with van der Waals surface area (Å²) in [4.78, 5) is 28.2. The third kappa shape index (κ3) is 2.07. The van der Waals surface area contributed by atoms with Gasteiger partial charge in [-0.3, -0.25) is 14.8 Å². The van der Waals surface area contributed by atoms with E-state index in [-0.39, 0.29) is 11.9 Å². The van der Waals surface area contributed by atoms with E-state index >= 15 is 0 Å². The molecule has 2 N–H and O–H groups in total. The zero-order valence-corrected chi connectivity index (χ0v) is 13.9. The van der Waals surface area contributed by atoms with E-state index in [4.69, 9.17) is 0 Å². The second-order valence-electron chi connectivity index (χ2n) is 6.66. The molecule has 0 bridgehead atoms. The van der Waals surface area contributed by atoms with Crippen molar-refractivity contribution in [3.8, 4) is 0 Å². The topological polar surface area (TPSA) is 81.3 Å². The van der Waals surface area contributed by atoms with Gasteiger partial charge in [-0.05, 0) is 44.4 Å². The van der Waals surface area contributed by atoms with Crippen molar-refractivity contribution in [2.45, 2.75) is 32.2 Å². The van der Waals surface area contributed by atoms with Crippen molar-refractivity contribution in [1.29, 1.82) is 0 Å². The quantitative estimate of drug-likeness (QED) is 0.824. The second-order valence-corrected chi connectivity index (χ2v) is 6.66. The third-order valence-electron chi connectivity index (χ3n) is 5.20. The van der Waals surface area contributed by atoms with Crippen LogP contribution in [0.2, 0.25) is 0 Å². The first-order valence-corrected chi connectivity index (χ1v) is 8.37. The summed E-state index contributed by atoms with van der Waals surface area (Å²) < 4.78 is 0. The molecule has 24 heavy (non-hydrogen) atoms. The third-order valence-corrected chi connectivity index (χ3v) is 5.20. The lowest BCUT2D eigenvalue weighted by Gasteiger charge is -2.38. The lowest BCUT2D eigenvalue weighted by atomic mass is 9.87. The van der Waals surface area contributed by atoms with Crippen molar-refractivity contribution >= 4 is 28.5 Å². The largest absolute Gasteiger partial charge is 0.371 e. The number of nitrogens with zero attached hydrogens (tertiary/aromatic N) is 3. The highest BCUT2D eigenvalue weighted by molar-refractivity contribution is 6.07. The van der Waals surface area contributed by atoms with Crippen LogP contribution in [0.25, 0.3) is 10.9 Å². The van der Waals surface area contributed by atoms with Crippen LogP contribution in [0, 0.1) is 6.92 Å². The summed E-state index contributed by atoms with van der Waals surface area (Å²) in [5.74, 6) is -0.0765. The van der Waals surface area contributed by atoms with Crippen molar-refractivity contribution in [2.24, 2.45) is 0 Å². The maximum atomic E-state index is 12.6. The van der Waals surface area contributed by atoms with Crippen molar-refractivity contribution in [3.63, 3.8) is 0 Å². The minimum atomic E-state index is -0.719. The number of carbonyl (C=O) groups is 2. The van der Waals surface area contributed by atoms with Crippen LogP contribution in [0.3, 0.4) is 0 Å². The van der Waals surface area contributed by atoms with Crippen molar-refractivity contribution in [2.75, 3.05) is 24.5 Å². The Morgan fingerprint density at radius 3 is 2.67 bits per heavy atom. The number of aromatic nitrogens is 2. The molecule has 2 saturated heterocycles. The minimum Gasteiger partial charge on any atom is -0.371 e. The number of hydrogen-bond donors (Lipinski definition) is 2. The first-order chi connectivity index (χ1) is 11.5. The lowest BCUT2D eigenvalue weighted by molar-refractivity contribution is -0.131. The van der Waals surface area contributed by atoms with Crippen LogP contribution in [-0.2, 0) is 4.79 Å². The van der Waals surface area contributed by atoms with Crippen molar-refractivity contribution < 1.29 is 9.59 Å². The van der Waals surface area contributed by atoms with Gasteiger partial charge in [-0.1, -0.05) is 0 Å². The molecular formula is C17H21N5O2. The maximum Gasteiger partial charge on any atom is 0.325 e. The molecule has 1 spiro atoms. The molecule has 2 aromatic rings. The van der Waals surface area contributed by atoms with Crippen LogP contribution in [0.15, 0.2) is 18.3 Å². The summed E-state index contributed by atoms with van der Waals surface area (Å²) in [5.41, 5.74) is 2.61. The average molecular weight is 327 g/mol. The van der Waals surface area contributed by atoms with E-state index in [0.717, 1.165) is 29.7 Å². The Morgan fingerprint density at radius 2 is 2.00 bits per heavy atom. The van der Waals surface area contributed by atoms with E-state index in [1.807, 2.05) is 13.1 Å². The second kappa shape index (κ2) is 5.22. The Bertz CT molecular complexity index is 819. The summed E-state index contributed by atoms with van der Waals surface area (Å²) in [6.07, 6.45) is 3.10. The van der Waals surface area contributed by atoms with Gasteiger partial charge in [0.25, 0.3) is 5.91 Å². The Labute approximate surface area is 140 Å². The number of piperidine rings is 1. The van der Waals surface area contributed by atoms with Gasteiger partial charge in [-0.2, -0.15) is 5.10 Å². The zero-order chi connectivity index (χ0) is 16.9. The van der Waals surface area contributed by atoms with Gasteiger partial charge in [0.05, 0.1) is 11.7 Å². The molecule has 0 aliphatic carbocycles. The molecule has 7 nitrogen and oxygen atoms in total. The molecule has 126 valence electrons. The molecule has 0 saturated carbocycles. The predicted molar refractivity (Wildman–Crippen MR) is 90.9 cm³/mol. The summed E-state index contributed by atoms with van der Waals surface area (Å²) >= 11 is 0. The molecule has 1 aromatic heterocycles. The van der Waals surface area contributed by atoms with Gasteiger partial charge < -0.3 is 10.2 Å². The number of likely N-dealkylation sites (N-methyl/N-ethyl adjacent to an activating group) is 1. The summed E-state index contributed by atoms with van der Waals surface area (Å²) in [6.45, 7) is 5.77. The van der Waals surface area contributed by atoms with E-state index in [9.17, 15) is 9.59 Å². The fraction of sp³-hybridized carbons (Fsp3) is 0.471. The maximum absolute atomic E-state index is 12.6. The van der Waals surface area contributed by atoms with E-state index in [1.54, 1.807) is 0 Å². The van der Waals surface area contributed by atoms with E-state index in [1.165, 1.54) is 10.5 Å². The Balaban J connectivity index is 1.59. The first kappa shape index (κ1) is 15.0. The predicted octanol–water partition coefficient (Wildman–Crippen LogP) is 1.78. The molecule has 2 aliphatic heterocycles. The van der Waals surface area contributed by atoms with Crippen LogP contribution >= 0.6 is 0 Å². The van der Waals surface area contributed by atoms with Crippen molar-refractivity contribution in [3.05, 3.63) is 23.9 Å². The van der Waals surface area contributed by atoms with Crippen LogP contribution in [0.5, 0.6) is 0 Å². The number of aryl methyl sites for hydroxylation is 1. The molecule has 2 fully saturated rings. The molecule has 0 radical (unpaired) electrons. The van der Waals surface area contributed by atoms with Gasteiger partial charge in [-0.25, -0.2) is 4.79 Å². The number of carbonyl (C=O) groups excluding carboxylic acids is 2. The van der Waals surface area contributed by atoms with Crippen molar-refractivity contribution in [1.82, 2.24) is 20.4 Å². The normalized spacial score (nSPS) is 20.2. The number of fused-ring (bicyclic) bond motifs is 1. The molecule has 3 heterocycles. The number of nitrogens with one attached hydrogen (secondary N) is 2. The number of hydrogen-bond acceptors (Lipinski definition) is 4. The van der Waals surface area contributed by atoms with Gasteiger partial charge in [0.1, 0.15) is 5.54 Å². The fourth-order valence-corrected chi connectivity index (χ4v) is 3.87. The Morgan fingerprint density at radius 1 is 1.25 bits per heavy atom. The Hall–Kier alpha value is -2.57. The first-order valence-electron chi connectivity index (χ1n) is 8.37. The van der Waals surface area contributed by atoms with Gasteiger partial charge in [0, 0.05) is 30.7 Å². The number of amides is 3. The molecule has 1 aromatic carbocycles. The van der Waals surface area contributed by atoms with Crippen LogP contribution in [0.4, 0.5) is 10.5 Å². The molecule has 7 heteroatoms. The number of aromatic amines is 1. The van der Waals surface area contributed by atoms with Crippen LogP contribution in [0.1, 0.15) is 25.3 Å². The molecule has 0 atom stereocenters. The number of urea groups is 1. The van der Waals surface area contributed by atoms with Crippen LogP contribution in [-0.4, -0.2) is 52.2 Å². The molecule has 2 aliphatic rings. The number of benzene rings is 1. The number of H-pyrrole nitrogens is 1. The number of anilines is 1. The van der Waals surface area contributed by atoms with E-state index in [2.05, 4.69) is 39.5 Å². The summed E-state index contributed by atoms with van der Waals surface area (Å²) in [7, 11) is 0. The lowest BCUT2D eigenvalue weighted by Crippen LogP contribution is -2.55. The average Bonchev–Trinajstić information content (AvgIpc) is 3.11. The van der Waals surface area contributed by atoms with E-state index in [0.29, 0.717) is 19.4 Å². The molecule has 0 unspecified atom stereocenters. The van der Waals surface area contributed by atoms with Crippen LogP contribution < -0.4 is 10.2 Å². The zero-order valence-electron chi connectivity index (χ0n) is 13.9. The number of imide groups is 1. The van der Waals surface area contributed by atoms with Gasteiger partial charge in [0.2, 0.25) is 0 Å². The Kier molecular flexibility index (Phi) is 3.26. The van der Waals surface area contributed by atoms with E-state index < -0.39 is 5.54 Å². The minimum absolute atomic E-state index is 0.0765. The monoisotopic (exact) mass is 327 g/mol. The fourth-order valence-electron chi connectivity index (χ4n) is 3.87. The molecule has 4 rings (SSSR count). The molecular weight excluding hydrogens is 306 g/mol. The number of rotatable bonds is 2. The standard InChI is InChI=1S/C17H21N5O2/c1-3-22-15(23)17(19-16(22)24)4-6-21(7-5-17)14-9-11(2)8-13-12(14)10-18-20-13/h8-10H,3-7H2,1-2H3,(H,18,20)(H,19,24). The summed E-state index contributed by atoms with van der Waals surface area (Å²) in [6, 6.07) is 3.98. The smallest absolute Gasteiger partial charge is 0.325 e. The molecule has 3 amide bonds. The SMILES string of the molecule is CCN1C(=O)NC2(CCN(c3cc(C)cc4[nH]ncc34)CC2)C1=O. The van der Waals surface area contributed by atoms with Gasteiger partial charge >= 0.3 is 6.03 Å². The summed E-state index contributed by atoms with van der Waals surface area (Å²) in [5, 5.41) is 11.2. The highest BCUT2D eigenvalue weighted by atomic mass is 16.2.